The molecule has 0 bridgehead atoms. The molecule has 0 aliphatic carbocycles. The molecule has 3 N–H and O–H groups in total. The zero-order valence-corrected chi connectivity index (χ0v) is 6.46. The van der Waals surface area contributed by atoms with E-state index in [2.05, 4.69) is 26.8 Å². The van der Waals surface area contributed by atoms with E-state index in [4.69, 9.17) is 5.11 Å². The lowest BCUT2D eigenvalue weighted by Crippen LogP contribution is -2.14. The van der Waals surface area contributed by atoms with E-state index in [1.165, 1.54) is 0 Å². The summed E-state index contributed by atoms with van der Waals surface area (Å²) < 4.78 is 0. The third kappa shape index (κ3) is 2.14. The molecule has 0 heterocycles. The SMILES string of the molecule is NC(=O)C(N=O)=C(O)CBr. The summed E-state index contributed by atoms with van der Waals surface area (Å²) in [5.74, 6) is -1.49. The molecule has 10 heavy (non-hydrogen) atoms. The third-order valence-corrected chi connectivity index (χ3v) is 1.26. The minimum absolute atomic E-state index is 0.0169. The summed E-state index contributed by atoms with van der Waals surface area (Å²) in [5, 5.41) is 10.9. The molecule has 0 atom stereocenters. The van der Waals surface area contributed by atoms with Gasteiger partial charge in [-0.3, -0.25) is 4.79 Å². The standard InChI is InChI=1S/C4H5BrN2O3/c5-1-2(8)3(7-10)4(6)9/h8H,1H2,(H2,6,9). The molecule has 0 saturated heterocycles. The smallest absolute Gasteiger partial charge is 0.274 e. The molecular formula is C4H5BrN2O3. The molecular weight excluding hydrogens is 204 g/mol. The highest BCUT2D eigenvalue weighted by Gasteiger charge is 2.10. The van der Waals surface area contributed by atoms with Gasteiger partial charge >= 0.3 is 0 Å². The van der Waals surface area contributed by atoms with Crippen molar-refractivity contribution in [2.24, 2.45) is 10.9 Å². The fourth-order valence-electron chi connectivity index (χ4n) is 0.303. The molecule has 1 amide bonds. The molecule has 0 spiro atoms. The predicted molar refractivity (Wildman–Crippen MR) is 38.4 cm³/mol. The van der Waals surface area contributed by atoms with E-state index in [1.54, 1.807) is 0 Å². The second-order valence-corrected chi connectivity index (χ2v) is 1.95. The van der Waals surface area contributed by atoms with E-state index in [0.29, 0.717) is 0 Å². The van der Waals surface area contributed by atoms with Gasteiger partial charge < -0.3 is 10.8 Å². The Kier molecular flexibility index (Phi) is 3.63. The number of hydrogen-bond donors (Lipinski definition) is 2. The van der Waals surface area contributed by atoms with Gasteiger partial charge in [0.1, 0.15) is 5.76 Å². The zero-order chi connectivity index (χ0) is 8.15. The van der Waals surface area contributed by atoms with Crippen LogP contribution in [0.4, 0.5) is 0 Å². The maximum absolute atomic E-state index is 10.2. The second-order valence-electron chi connectivity index (χ2n) is 1.38. The lowest BCUT2D eigenvalue weighted by molar-refractivity contribution is -0.114. The van der Waals surface area contributed by atoms with Crippen LogP contribution >= 0.6 is 15.9 Å². The summed E-state index contributed by atoms with van der Waals surface area (Å²) in [6, 6.07) is 0. The summed E-state index contributed by atoms with van der Waals surface area (Å²) >= 11 is 2.81. The number of nitroso groups, excluding NO2 is 1. The third-order valence-electron chi connectivity index (χ3n) is 0.725. The Morgan fingerprint density at radius 3 is 2.30 bits per heavy atom. The lowest BCUT2D eigenvalue weighted by Gasteiger charge is -1.93. The van der Waals surface area contributed by atoms with E-state index in [-0.39, 0.29) is 5.33 Å². The molecule has 0 aromatic carbocycles. The lowest BCUT2D eigenvalue weighted by atomic mass is 10.4. The summed E-state index contributed by atoms with van der Waals surface area (Å²) in [5.41, 5.74) is 4.01. The van der Waals surface area contributed by atoms with Crippen LogP contribution in [0.2, 0.25) is 0 Å². The molecule has 0 aromatic heterocycles. The molecule has 0 aromatic rings. The van der Waals surface area contributed by atoms with Crippen LogP contribution in [0.1, 0.15) is 0 Å². The van der Waals surface area contributed by atoms with Crippen molar-refractivity contribution in [1.82, 2.24) is 0 Å². The number of rotatable bonds is 3. The van der Waals surface area contributed by atoms with Crippen molar-refractivity contribution in [2.75, 3.05) is 5.33 Å². The van der Waals surface area contributed by atoms with Crippen LogP contribution in [-0.4, -0.2) is 16.3 Å². The summed E-state index contributed by atoms with van der Waals surface area (Å²) in [6.07, 6.45) is 0. The Morgan fingerprint density at radius 1 is 1.70 bits per heavy atom. The van der Waals surface area contributed by atoms with Gasteiger partial charge in [-0.25, -0.2) is 0 Å². The van der Waals surface area contributed by atoms with Crippen LogP contribution in [0, 0.1) is 4.91 Å². The zero-order valence-electron chi connectivity index (χ0n) is 4.87. The molecule has 56 valence electrons. The Labute approximate surface area is 65.0 Å². The van der Waals surface area contributed by atoms with Crippen LogP contribution in [0.5, 0.6) is 0 Å². The van der Waals surface area contributed by atoms with Crippen molar-refractivity contribution >= 4 is 21.8 Å². The van der Waals surface area contributed by atoms with Gasteiger partial charge in [-0.05, 0) is 5.18 Å². The maximum atomic E-state index is 10.2. The van der Waals surface area contributed by atoms with E-state index in [0.717, 1.165) is 0 Å². The number of alkyl halides is 1. The molecule has 0 aliphatic heterocycles. The number of nitrogens with two attached hydrogens (primary N) is 1. The molecule has 5 nitrogen and oxygen atoms in total. The normalized spacial score (nSPS) is 12.1. The summed E-state index contributed by atoms with van der Waals surface area (Å²) in [4.78, 5) is 20.0. The van der Waals surface area contributed by atoms with Crippen LogP contribution in [0.25, 0.3) is 0 Å². The number of primary amides is 1. The van der Waals surface area contributed by atoms with Crippen LogP contribution in [0.3, 0.4) is 0 Å². The molecule has 0 unspecified atom stereocenters. The number of carbonyl (C=O) groups excluding carboxylic acids is 1. The van der Waals surface area contributed by atoms with Crippen LogP contribution in [0.15, 0.2) is 16.6 Å². The highest BCUT2D eigenvalue weighted by atomic mass is 79.9. The number of aliphatic hydroxyl groups is 1. The van der Waals surface area contributed by atoms with Gasteiger partial charge in [0.15, 0.2) is 0 Å². The van der Waals surface area contributed by atoms with Gasteiger partial charge in [0.25, 0.3) is 5.91 Å². The average Bonchev–Trinajstić information content (AvgIpc) is 1.88. The Morgan fingerprint density at radius 2 is 2.20 bits per heavy atom. The van der Waals surface area contributed by atoms with Crippen LogP contribution in [-0.2, 0) is 4.79 Å². The van der Waals surface area contributed by atoms with Crippen molar-refractivity contribution in [3.63, 3.8) is 0 Å². The number of carbonyl (C=O) groups is 1. The van der Waals surface area contributed by atoms with Gasteiger partial charge in [0.2, 0.25) is 5.70 Å². The van der Waals surface area contributed by atoms with E-state index < -0.39 is 17.4 Å². The monoisotopic (exact) mass is 208 g/mol. The minimum atomic E-state index is -1.04. The first-order valence-corrected chi connectivity index (χ1v) is 3.36. The molecule has 0 aliphatic rings. The summed E-state index contributed by atoms with van der Waals surface area (Å²) in [6.45, 7) is 0. The van der Waals surface area contributed by atoms with Gasteiger partial charge in [-0.15, -0.1) is 4.91 Å². The number of allylic oxidation sites excluding steroid dienone is 1. The van der Waals surface area contributed by atoms with Gasteiger partial charge in [-0.1, -0.05) is 15.9 Å². The summed E-state index contributed by atoms with van der Waals surface area (Å²) in [7, 11) is 0. The maximum Gasteiger partial charge on any atom is 0.274 e. The van der Waals surface area contributed by atoms with E-state index in [1.807, 2.05) is 0 Å². The largest absolute Gasteiger partial charge is 0.509 e. The molecule has 0 rings (SSSR count). The number of aliphatic hydroxyl groups excluding tert-OH is 1. The number of hydrogen-bond acceptors (Lipinski definition) is 4. The number of nitrogens with zero attached hydrogens (tertiary/aromatic N) is 1. The van der Waals surface area contributed by atoms with E-state index in [9.17, 15) is 9.70 Å². The Bertz CT molecular complexity index is 189. The van der Waals surface area contributed by atoms with Gasteiger partial charge in [-0.2, -0.15) is 0 Å². The fourth-order valence-corrected chi connectivity index (χ4v) is 0.569. The van der Waals surface area contributed by atoms with Crippen molar-refractivity contribution in [2.45, 2.75) is 0 Å². The highest BCUT2D eigenvalue weighted by molar-refractivity contribution is 9.09. The Balaban J connectivity index is 4.62. The molecule has 0 saturated carbocycles. The second kappa shape index (κ2) is 3.99. The average molecular weight is 209 g/mol. The first-order chi connectivity index (χ1) is 4.63. The number of amides is 1. The minimum Gasteiger partial charge on any atom is -0.509 e. The molecule has 0 fully saturated rings. The first kappa shape index (κ1) is 9.09. The topological polar surface area (TPSA) is 92.8 Å². The first-order valence-electron chi connectivity index (χ1n) is 2.24. The molecule has 6 heteroatoms. The van der Waals surface area contributed by atoms with E-state index >= 15 is 0 Å². The number of halogens is 1. The Hall–Kier alpha value is -0.910. The van der Waals surface area contributed by atoms with Crippen molar-refractivity contribution in [3.05, 3.63) is 16.4 Å². The fraction of sp³-hybridized carbons (Fsp3) is 0.250. The van der Waals surface area contributed by atoms with Crippen molar-refractivity contribution < 1.29 is 9.90 Å². The quantitative estimate of drug-likeness (QED) is 0.305. The van der Waals surface area contributed by atoms with Crippen LogP contribution < -0.4 is 5.73 Å². The van der Waals surface area contributed by atoms with Gasteiger partial charge in [0, 0.05) is 0 Å². The van der Waals surface area contributed by atoms with Crippen molar-refractivity contribution in [3.8, 4) is 0 Å². The highest BCUT2D eigenvalue weighted by Crippen LogP contribution is 2.04. The van der Waals surface area contributed by atoms with Gasteiger partial charge in [0.05, 0.1) is 5.33 Å². The molecule has 0 radical (unpaired) electrons. The van der Waals surface area contributed by atoms with Crippen molar-refractivity contribution in [1.29, 1.82) is 0 Å². The predicted octanol–water partition coefficient (Wildman–Crippen LogP) is 0.403.